The van der Waals surface area contributed by atoms with Crippen LogP contribution in [-0.2, 0) is 22.6 Å². The minimum Gasteiger partial charge on any atom is -0.357 e. The van der Waals surface area contributed by atoms with E-state index in [-0.39, 0.29) is 11.8 Å². The van der Waals surface area contributed by atoms with Crippen molar-refractivity contribution in [2.45, 2.75) is 46.7 Å². The number of likely N-dealkylation sites (N-methyl/N-ethyl adjacent to an activating group) is 1. The molecule has 26 heavy (non-hydrogen) atoms. The number of benzene rings is 2. The molecule has 2 aromatic rings. The molecule has 0 aliphatic carbocycles. The molecule has 138 valence electrons. The average molecular weight is 352 g/mol. The van der Waals surface area contributed by atoms with Gasteiger partial charge in [0, 0.05) is 13.6 Å². The highest BCUT2D eigenvalue weighted by atomic mass is 16.2. The molecule has 0 saturated heterocycles. The third-order valence-electron chi connectivity index (χ3n) is 4.73. The molecule has 0 fully saturated rings. The Morgan fingerprint density at radius 3 is 2.23 bits per heavy atom. The Labute approximate surface area is 156 Å². The molecule has 0 spiro atoms. The number of nitrogens with one attached hydrogen (secondary N) is 1. The third kappa shape index (κ3) is 4.94. The molecule has 0 aliphatic rings. The van der Waals surface area contributed by atoms with Crippen LogP contribution in [0.5, 0.6) is 0 Å². The van der Waals surface area contributed by atoms with Crippen LogP contribution in [0.25, 0.3) is 0 Å². The number of amides is 2. The van der Waals surface area contributed by atoms with Crippen LogP contribution in [0.2, 0.25) is 0 Å². The summed E-state index contributed by atoms with van der Waals surface area (Å²) in [6, 6.07) is 13.6. The van der Waals surface area contributed by atoms with Crippen LogP contribution in [0.3, 0.4) is 0 Å². The van der Waals surface area contributed by atoms with Crippen molar-refractivity contribution in [1.29, 1.82) is 0 Å². The number of aryl methyl sites for hydroxylation is 3. The van der Waals surface area contributed by atoms with Crippen molar-refractivity contribution >= 4 is 11.8 Å². The minimum atomic E-state index is -0.529. The number of nitrogens with zero attached hydrogens (tertiary/aromatic N) is 1. The number of carbonyl (C=O) groups excluding carboxylic acids is 2. The summed E-state index contributed by atoms with van der Waals surface area (Å²) in [6.45, 7) is 8.24. The van der Waals surface area contributed by atoms with Crippen LogP contribution in [0.1, 0.15) is 34.7 Å². The molecule has 0 saturated carbocycles. The molecule has 2 rings (SSSR count). The van der Waals surface area contributed by atoms with E-state index in [2.05, 4.69) is 5.32 Å². The summed E-state index contributed by atoms with van der Waals surface area (Å²) in [6.07, 6.45) is 0.292. The van der Waals surface area contributed by atoms with Gasteiger partial charge in [0.15, 0.2) is 0 Å². The molecule has 2 amide bonds. The number of carbonyl (C=O) groups is 2. The van der Waals surface area contributed by atoms with Crippen molar-refractivity contribution in [3.8, 4) is 0 Å². The van der Waals surface area contributed by atoms with E-state index in [1.54, 1.807) is 18.9 Å². The summed E-state index contributed by atoms with van der Waals surface area (Å²) in [5.41, 5.74) is 5.41. The number of rotatable bonds is 6. The lowest BCUT2D eigenvalue weighted by atomic mass is 10.0. The summed E-state index contributed by atoms with van der Waals surface area (Å²) in [5.74, 6) is -0.207. The Bertz CT molecular complexity index is 781. The second-order valence-electron chi connectivity index (χ2n) is 6.90. The van der Waals surface area contributed by atoms with E-state index < -0.39 is 6.04 Å². The van der Waals surface area contributed by atoms with Gasteiger partial charge in [-0.15, -0.1) is 0 Å². The summed E-state index contributed by atoms with van der Waals surface area (Å²) in [4.78, 5) is 26.9. The molecule has 2 aromatic carbocycles. The quantitative estimate of drug-likeness (QED) is 0.867. The smallest absolute Gasteiger partial charge is 0.242 e. The van der Waals surface area contributed by atoms with Crippen LogP contribution in [0.4, 0.5) is 0 Å². The van der Waals surface area contributed by atoms with E-state index in [0.29, 0.717) is 13.0 Å². The van der Waals surface area contributed by atoms with Gasteiger partial charge in [-0.05, 0) is 44.4 Å². The standard InChI is InChI=1S/C22H28N2O2/c1-15-7-10-19(11-8-15)14-24(18(4)22(26)23-5)21(25)13-20-12-16(2)6-9-17(20)3/h6-12,18H,13-14H2,1-5H3,(H,23,26)/t18-/m0/s1. The Hall–Kier alpha value is -2.62. The molecule has 0 aromatic heterocycles. The van der Waals surface area contributed by atoms with Gasteiger partial charge in [-0.1, -0.05) is 53.6 Å². The lowest BCUT2D eigenvalue weighted by Crippen LogP contribution is -2.47. The van der Waals surface area contributed by atoms with Gasteiger partial charge < -0.3 is 10.2 Å². The van der Waals surface area contributed by atoms with E-state index >= 15 is 0 Å². The summed E-state index contributed by atoms with van der Waals surface area (Å²) < 4.78 is 0. The molecule has 0 aliphatic heterocycles. The van der Waals surface area contributed by atoms with Crippen LogP contribution in [-0.4, -0.2) is 29.8 Å². The maximum Gasteiger partial charge on any atom is 0.242 e. The van der Waals surface area contributed by atoms with Gasteiger partial charge in [-0.2, -0.15) is 0 Å². The first-order valence-corrected chi connectivity index (χ1v) is 8.94. The topological polar surface area (TPSA) is 49.4 Å². The molecular weight excluding hydrogens is 324 g/mol. The second-order valence-corrected chi connectivity index (χ2v) is 6.90. The van der Waals surface area contributed by atoms with E-state index in [4.69, 9.17) is 0 Å². The third-order valence-corrected chi connectivity index (χ3v) is 4.73. The lowest BCUT2D eigenvalue weighted by Gasteiger charge is -2.28. The summed E-state index contributed by atoms with van der Waals surface area (Å²) in [7, 11) is 1.60. The van der Waals surface area contributed by atoms with E-state index in [9.17, 15) is 9.59 Å². The highest BCUT2D eigenvalue weighted by Crippen LogP contribution is 2.16. The van der Waals surface area contributed by atoms with E-state index in [0.717, 1.165) is 22.3 Å². The highest BCUT2D eigenvalue weighted by Gasteiger charge is 2.25. The Balaban J connectivity index is 2.26. The molecule has 1 atom stereocenters. The number of hydrogen-bond acceptors (Lipinski definition) is 2. The summed E-state index contributed by atoms with van der Waals surface area (Å²) in [5, 5.41) is 2.65. The van der Waals surface area contributed by atoms with Gasteiger partial charge in [0.05, 0.1) is 6.42 Å². The average Bonchev–Trinajstić information content (AvgIpc) is 2.62. The van der Waals surface area contributed by atoms with Crippen LogP contribution in [0, 0.1) is 20.8 Å². The SMILES string of the molecule is CNC(=O)[C@H](C)N(Cc1ccc(C)cc1)C(=O)Cc1cc(C)ccc1C. The fourth-order valence-electron chi connectivity index (χ4n) is 2.94. The first kappa shape index (κ1) is 19.7. The molecule has 0 bridgehead atoms. The first-order chi connectivity index (χ1) is 12.3. The monoisotopic (exact) mass is 352 g/mol. The van der Waals surface area contributed by atoms with Gasteiger partial charge >= 0.3 is 0 Å². The Morgan fingerprint density at radius 2 is 1.62 bits per heavy atom. The molecular formula is C22H28N2O2. The van der Waals surface area contributed by atoms with E-state index in [1.165, 1.54) is 5.56 Å². The van der Waals surface area contributed by atoms with Crippen LogP contribution >= 0.6 is 0 Å². The normalized spacial score (nSPS) is 11.7. The van der Waals surface area contributed by atoms with Gasteiger partial charge in [0.1, 0.15) is 6.04 Å². The zero-order valence-electron chi connectivity index (χ0n) is 16.3. The number of hydrogen-bond donors (Lipinski definition) is 1. The highest BCUT2D eigenvalue weighted by molar-refractivity contribution is 5.88. The van der Waals surface area contributed by atoms with Crippen LogP contribution in [0.15, 0.2) is 42.5 Å². The maximum atomic E-state index is 13.1. The second kappa shape index (κ2) is 8.65. The first-order valence-electron chi connectivity index (χ1n) is 8.94. The van der Waals surface area contributed by atoms with Crippen LogP contribution < -0.4 is 5.32 Å². The Morgan fingerprint density at radius 1 is 1.00 bits per heavy atom. The van der Waals surface area contributed by atoms with Crippen molar-refractivity contribution in [2.24, 2.45) is 0 Å². The summed E-state index contributed by atoms with van der Waals surface area (Å²) >= 11 is 0. The van der Waals surface area contributed by atoms with Gasteiger partial charge in [0.25, 0.3) is 0 Å². The van der Waals surface area contributed by atoms with Crippen molar-refractivity contribution < 1.29 is 9.59 Å². The van der Waals surface area contributed by atoms with E-state index in [1.807, 2.05) is 63.2 Å². The predicted octanol–water partition coefficient (Wildman–Crippen LogP) is 3.32. The fraction of sp³-hybridized carbons (Fsp3) is 0.364. The maximum absolute atomic E-state index is 13.1. The molecule has 4 heteroatoms. The zero-order valence-corrected chi connectivity index (χ0v) is 16.3. The minimum absolute atomic E-state index is 0.0459. The van der Waals surface area contributed by atoms with Gasteiger partial charge in [0.2, 0.25) is 11.8 Å². The molecule has 0 heterocycles. The Kier molecular flexibility index (Phi) is 6.56. The van der Waals surface area contributed by atoms with Crippen molar-refractivity contribution in [3.63, 3.8) is 0 Å². The molecule has 4 nitrogen and oxygen atoms in total. The molecule has 0 unspecified atom stereocenters. The van der Waals surface area contributed by atoms with Crippen molar-refractivity contribution in [3.05, 3.63) is 70.3 Å². The largest absolute Gasteiger partial charge is 0.357 e. The van der Waals surface area contributed by atoms with Crippen molar-refractivity contribution in [2.75, 3.05) is 7.05 Å². The zero-order chi connectivity index (χ0) is 19.3. The molecule has 0 radical (unpaired) electrons. The molecule has 1 N–H and O–H groups in total. The van der Waals surface area contributed by atoms with Gasteiger partial charge in [-0.3, -0.25) is 9.59 Å². The van der Waals surface area contributed by atoms with Gasteiger partial charge in [-0.25, -0.2) is 0 Å². The fourth-order valence-corrected chi connectivity index (χ4v) is 2.94. The predicted molar refractivity (Wildman–Crippen MR) is 105 cm³/mol. The van der Waals surface area contributed by atoms with Crippen molar-refractivity contribution in [1.82, 2.24) is 10.2 Å². The lowest BCUT2D eigenvalue weighted by molar-refractivity contribution is -0.139.